The lowest BCUT2D eigenvalue weighted by molar-refractivity contribution is -0.387. The van der Waals surface area contributed by atoms with Crippen LogP contribution >= 0.6 is 0 Å². The van der Waals surface area contributed by atoms with Gasteiger partial charge >= 0.3 is 5.97 Å². The number of hydrogen-bond acceptors (Lipinski definition) is 8. The van der Waals surface area contributed by atoms with Crippen LogP contribution in [-0.4, -0.2) is 45.1 Å². The Kier molecular flexibility index (Phi) is 7.89. The Balaban J connectivity index is 1.82. The highest BCUT2D eigenvalue weighted by atomic mass is 32.2. The summed E-state index contributed by atoms with van der Waals surface area (Å²) in [6, 6.07) is 18.8. The Morgan fingerprint density at radius 2 is 1.66 bits per heavy atom. The number of esters is 1. The molecule has 35 heavy (non-hydrogen) atoms. The lowest BCUT2D eigenvalue weighted by Crippen LogP contribution is -2.39. The van der Waals surface area contributed by atoms with Crippen LogP contribution in [0.15, 0.2) is 88.9 Å². The number of benzene rings is 3. The zero-order valence-corrected chi connectivity index (χ0v) is 19.2. The van der Waals surface area contributed by atoms with Crippen molar-refractivity contribution in [3.63, 3.8) is 0 Å². The van der Waals surface area contributed by atoms with Crippen molar-refractivity contribution in [1.82, 2.24) is 5.43 Å². The maximum Gasteiger partial charge on any atom is 0.337 e. The highest BCUT2D eigenvalue weighted by molar-refractivity contribution is 7.93. The summed E-state index contributed by atoms with van der Waals surface area (Å²) in [6.07, 6.45) is 1.31. The summed E-state index contributed by atoms with van der Waals surface area (Å²) in [5, 5.41) is 15.2. The van der Waals surface area contributed by atoms with Gasteiger partial charge in [-0.3, -0.25) is 19.2 Å². The molecule has 3 aromatic rings. The molecule has 0 aliphatic heterocycles. The summed E-state index contributed by atoms with van der Waals surface area (Å²) in [6.45, 7) is -0.684. The van der Waals surface area contributed by atoms with Crippen LogP contribution in [0.3, 0.4) is 0 Å². The number of nitro benzene ring substituents is 1. The fourth-order valence-electron chi connectivity index (χ4n) is 3.02. The normalized spacial score (nSPS) is 11.1. The SMILES string of the molecule is COC(=O)c1ccc(C=NNC(=O)CN(c2ccccc2)S(=O)(=O)c2ccccc2[N+](=O)[O-])cc1. The summed E-state index contributed by atoms with van der Waals surface area (Å²) in [5.41, 5.74) is 2.67. The Hall–Kier alpha value is -4.58. The number of nitrogens with zero attached hydrogens (tertiary/aromatic N) is 3. The number of hydrogen-bond donors (Lipinski definition) is 1. The minimum Gasteiger partial charge on any atom is -0.465 e. The largest absolute Gasteiger partial charge is 0.465 e. The first kappa shape index (κ1) is 25.1. The summed E-state index contributed by atoms with van der Waals surface area (Å²) < 4.78 is 32.1. The molecule has 0 bridgehead atoms. The van der Waals surface area contributed by atoms with Gasteiger partial charge in [-0.05, 0) is 35.9 Å². The predicted octanol–water partition coefficient (Wildman–Crippen LogP) is 2.73. The Morgan fingerprint density at radius 1 is 1.03 bits per heavy atom. The molecule has 0 saturated carbocycles. The molecule has 3 rings (SSSR count). The number of methoxy groups -OCH3 is 1. The van der Waals surface area contributed by atoms with Crippen molar-refractivity contribution in [3.8, 4) is 0 Å². The quantitative estimate of drug-likeness (QED) is 0.207. The van der Waals surface area contributed by atoms with Crippen molar-refractivity contribution in [2.24, 2.45) is 5.10 Å². The molecular weight excluding hydrogens is 476 g/mol. The van der Waals surface area contributed by atoms with Gasteiger partial charge in [-0.25, -0.2) is 18.6 Å². The zero-order valence-electron chi connectivity index (χ0n) is 18.4. The highest BCUT2D eigenvalue weighted by Gasteiger charge is 2.33. The molecule has 11 nitrogen and oxygen atoms in total. The summed E-state index contributed by atoms with van der Waals surface area (Å²) in [4.78, 5) is 34.1. The van der Waals surface area contributed by atoms with E-state index in [0.29, 0.717) is 11.1 Å². The summed E-state index contributed by atoms with van der Waals surface area (Å²) >= 11 is 0. The van der Waals surface area contributed by atoms with Crippen LogP contribution < -0.4 is 9.73 Å². The number of anilines is 1. The van der Waals surface area contributed by atoms with E-state index in [-0.39, 0.29) is 5.69 Å². The van der Waals surface area contributed by atoms with E-state index >= 15 is 0 Å². The molecule has 12 heteroatoms. The highest BCUT2D eigenvalue weighted by Crippen LogP contribution is 2.29. The van der Waals surface area contributed by atoms with Crippen molar-refractivity contribution in [2.45, 2.75) is 4.90 Å². The van der Waals surface area contributed by atoms with Crippen LogP contribution in [0.4, 0.5) is 11.4 Å². The smallest absolute Gasteiger partial charge is 0.337 e. The number of carbonyl (C=O) groups is 2. The number of nitrogens with one attached hydrogen (secondary N) is 1. The fourth-order valence-corrected chi connectivity index (χ4v) is 4.60. The molecule has 0 heterocycles. The van der Waals surface area contributed by atoms with Crippen LogP contribution in [0.1, 0.15) is 15.9 Å². The van der Waals surface area contributed by atoms with Crippen LogP contribution in [0.5, 0.6) is 0 Å². The van der Waals surface area contributed by atoms with Crippen LogP contribution in [0, 0.1) is 10.1 Å². The van der Waals surface area contributed by atoms with Crippen molar-refractivity contribution in [3.05, 3.63) is 100 Å². The van der Waals surface area contributed by atoms with Crippen molar-refractivity contribution in [2.75, 3.05) is 18.0 Å². The van der Waals surface area contributed by atoms with Crippen LogP contribution in [-0.2, 0) is 19.6 Å². The molecule has 0 unspecified atom stereocenters. The van der Waals surface area contributed by atoms with Gasteiger partial charge in [-0.15, -0.1) is 0 Å². The van der Waals surface area contributed by atoms with Crippen molar-refractivity contribution >= 4 is 39.5 Å². The van der Waals surface area contributed by atoms with E-state index in [4.69, 9.17) is 0 Å². The van der Waals surface area contributed by atoms with Crippen molar-refractivity contribution in [1.29, 1.82) is 0 Å². The van der Waals surface area contributed by atoms with Gasteiger partial charge in [-0.1, -0.05) is 42.5 Å². The molecule has 0 saturated heterocycles. The lowest BCUT2D eigenvalue weighted by atomic mass is 10.1. The third-order valence-electron chi connectivity index (χ3n) is 4.70. The average molecular weight is 497 g/mol. The number of ether oxygens (including phenoxy) is 1. The molecular formula is C23H20N4O7S. The van der Waals surface area contributed by atoms with Gasteiger partial charge in [0.05, 0.1) is 29.5 Å². The fraction of sp³-hybridized carbons (Fsp3) is 0.0870. The van der Waals surface area contributed by atoms with E-state index < -0.39 is 44.0 Å². The van der Waals surface area contributed by atoms with Gasteiger partial charge in [0.25, 0.3) is 21.6 Å². The third-order valence-corrected chi connectivity index (χ3v) is 6.52. The number of rotatable bonds is 9. The molecule has 0 atom stereocenters. The molecule has 0 aliphatic carbocycles. The molecule has 1 N–H and O–H groups in total. The van der Waals surface area contributed by atoms with Gasteiger partial charge in [0.2, 0.25) is 0 Å². The standard InChI is InChI=1S/C23H20N4O7S/c1-34-23(29)18-13-11-17(12-14-18)15-24-25-22(28)16-26(19-7-3-2-4-8-19)35(32,33)21-10-6-5-9-20(21)27(30)31/h2-15H,16H2,1H3,(H,25,28). The molecule has 3 aromatic carbocycles. The van der Waals surface area contributed by atoms with E-state index in [1.807, 2.05) is 0 Å². The van der Waals surface area contributed by atoms with Gasteiger partial charge < -0.3 is 4.74 Å². The molecule has 180 valence electrons. The number of amides is 1. The van der Waals surface area contributed by atoms with E-state index in [0.717, 1.165) is 16.4 Å². The number of carbonyl (C=O) groups excluding carboxylic acids is 2. The van der Waals surface area contributed by atoms with Gasteiger partial charge in [0.1, 0.15) is 6.54 Å². The maximum atomic E-state index is 13.4. The van der Waals surface area contributed by atoms with Gasteiger partial charge in [-0.2, -0.15) is 5.10 Å². The lowest BCUT2D eigenvalue weighted by Gasteiger charge is -2.23. The van der Waals surface area contributed by atoms with Gasteiger partial charge in [0, 0.05) is 6.07 Å². The van der Waals surface area contributed by atoms with E-state index in [1.54, 1.807) is 30.3 Å². The van der Waals surface area contributed by atoms with E-state index in [9.17, 15) is 28.1 Å². The molecule has 1 amide bonds. The molecule has 0 radical (unpaired) electrons. The second-order valence-electron chi connectivity index (χ2n) is 6.98. The summed E-state index contributed by atoms with van der Waals surface area (Å²) in [7, 11) is -3.22. The minimum atomic E-state index is -4.48. The number of sulfonamides is 1. The molecule has 0 spiro atoms. The molecule has 0 aromatic heterocycles. The monoisotopic (exact) mass is 496 g/mol. The number of nitro groups is 1. The predicted molar refractivity (Wildman–Crippen MR) is 128 cm³/mol. The molecule has 0 aliphatic rings. The third kappa shape index (κ3) is 6.06. The maximum absolute atomic E-state index is 13.4. The Labute approximate surface area is 200 Å². The zero-order chi connectivity index (χ0) is 25.4. The van der Waals surface area contributed by atoms with Crippen LogP contribution in [0.25, 0.3) is 0 Å². The number of para-hydroxylation sites is 2. The second-order valence-corrected chi connectivity index (χ2v) is 8.81. The Bertz CT molecular complexity index is 1360. The first-order valence-electron chi connectivity index (χ1n) is 10.1. The topological polar surface area (TPSA) is 148 Å². The molecule has 0 fully saturated rings. The number of hydrazone groups is 1. The second kappa shape index (κ2) is 11.0. The van der Waals surface area contributed by atoms with Crippen LogP contribution in [0.2, 0.25) is 0 Å². The minimum absolute atomic E-state index is 0.142. The van der Waals surface area contributed by atoms with E-state index in [2.05, 4.69) is 15.3 Å². The van der Waals surface area contributed by atoms with Crippen molar-refractivity contribution < 1.29 is 27.7 Å². The van der Waals surface area contributed by atoms with E-state index in [1.165, 1.54) is 49.7 Å². The summed E-state index contributed by atoms with van der Waals surface area (Å²) in [5.74, 6) is -1.28. The first-order valence-corrected chi connectivity index (χ1v) is 11.5. The first-order chi connectivity index (χ1) is 16.7. The Morgan fingerprint density at radius 3 is 2.29 bits per heavy atom. The average Bonchev–Trinajstić information content (AvgIpc) is 2.87. The van der Waals surface area contributed by atoms with Gasteiger partial charge in [0.15, 0.2) is 4.90 Å².